The van der Waals surface area contributed by atoms with Crippen LogP contribution in [0.3, 0.4) is 0 Å². The lowest BCUT2D eigenvalue weighted by molar-refractivity contribution is 0.0347. The Hall–Kier alpha value is -3.24. The molecule has 194 valence electrons. The average molecular weight is 524 g/mol. The molecular formula is C26H30ClN7O3. The lowest BCUT2D eigenvalue weighted by Crippen LogP contribution is -2.44. The second-order valence-electron chi connectivity index (χ2n) is 10.0. The van der Waals surface area contributed by atoms with E-state index in [9.17, 15) is 4.79 Å². The van der Waals surface area contributed by atoms with Crippen LogP contribution >= 0.6 is 11.6 Å². The lowest BCUT2D eigenvalue weighted by Gasteiger charge is -2.26. The van der Waals surface area contributed by atoms with Crippen LogP contribution in [0.5, 0.6) is 5.75 Å². The van der Waals surface area contributed by atoms with Crippen molar-refractivity contribution in [1.29, 1.82) is 0 Å². The van der Waals surface area contributed by atoms with Gasteiger partial charge in [0.2, 0.25) is 5.95 Å². The fraction of sp³-hybridized carbons (Fsp3) is 0.500. The Morgan fingerprint density at radius 3 is 2.86 bits per heavy atom. The van der Waals surface area contributed by atoms with Crippen LogP contribution in [0, 0.1) is 6.92 Å². The molecule has 0 unspecified atom stereocenters. The second kappa shape index (κ2) is 10.3. The van der Waals surface area contributed by atoms with Gasteiger partial charge in [0.15, 0.2) is 0 Å². The Kier molecular flexibility index (Phi) is 6.69. The molecule has 2 fully saturated rings. The number of ether oxygens (including phenoxy) is 2. The molecule has 37 heavy (non-hydrogen) atoms. The standard InChI is InChI=1S/C26H30ClN7O3/c1-16-10-21(17-4-2-5-17)30-26(28-16)33-13-22-24(14-33)37-15-19-12-34(32-31-19)8-3-9-36-23-11-18(25(35)29-22)6-7-20(23)27/h6-7,10-12,17,22,24H,2-5,8-9,13-15H2,1H3,(H,29,35)/t22-,24-/m0/s1. The van der Waals surface area contributed by atoms with Gasteiger partial charge in [-0.15, -0.1) is 5.10 Å². The number of rotatable bonds is 2. The molecule has 2 aromatic heterocycles. The molecule has 1 saturated carbocycles. The summed E-state index contributed by atoms with van der Waals surface area (Å²) in [5, 5.41) is 12.1. The predicted molar refractivity (Wildman–Crippen MR) is 137 cm³/mol. The molecule has 1 aromatic carbocycles. The number of amides is 1. The van der Waals surface area contributed by atoms with Crippen LogP contribution in [0.15, 0.2) is 30.5 Å². The molecule has 1 saturated heterocycles. The minimum Gasteiger partial charge on any atom is -0.492 e. The summed E-state index contributed by atoms with van der Waals surface area (Å²) >= 11 is 6.33. The van der Waals surface area contributed by atoms with Gasteiger partial charge < -0.3 is 19.7 Å². The van der Waals surface area contributed by atoms with E-state index < -0.39 is 0 Å². The highest BCUT2D eigenvalue weighted by atomic mass is 35.5. The van der Waals surface area contributed by atoms with E-state index in [2.05, 4.69) is 26.6 Å². The molecular weight excluding hydrogens is 494 g/mol. The van der Waals surface area contributed by atoms with E-state index in [1.807, 2.05) is 13.1 Å². The molecule has 10 nitrogen and oxygen atoms in total. The van der Waals surface area contributed by atoms with Gasteiger partial charge in [0.1, 0.15) is 11.4 Å². The quantitative estimate of drug-likeness (QED) is 0.545. The van der Waals surface area contributed by atoms with Crippen molar-refractivity contribution in [2.24, 2.45) is 0 Å². The Bertz CT molecular complexity index is 1290. The van der Waals surface area contributed by atoms with Crippen molar-refractivity contribution in [3.63, 3.8) is 0 Å². The van der Waals surface area contributed by atoms with Crippen LogP contribution in [0.25, 0.3) is 0 Å². The summed E-state index contributed by atoms with van der Waals surface area (Å²) in [6.45, 7) is 4.49. The number of halogens is 1. The molecule has 2 aliphatic heterocycles. The first-order valence-electron chi connectivity index (χ1n) is 12.9. The molecule has 1 N–H and O–H groups in total. The van der Waals surface area contributed by atoms with Crippen molar-refractivity contribution in [2.45, 2.75) is 63.8 Å². The first kappa shape index (κ1) is 24.1. The van der Waals surface area contributed by atoms with Crippen LogP contribution in [0.1, 0.15) is 59.0 Å². The average Bonchev–Trinajstić information content (AvgIpc) is 3.46. The number of aromatic nitrogens is 5. The summed E-state index contributed by atoms with van der Waals surface area (Å²) in [5.74, 6) is 1.47. The summed E-state index contributed by atoms with van der Waals surface area (Å²) in [4.78, 5) is 25.0. The minimum absolute atomic E-state index is 0.208. The fourth-order valence-electron chi connectivity index (χ4n) is 5.00. The lowest BCUT2D eigenvalue weighted by atomic mass is 9.83. The minimum atomic E-state index is -0.277. The van der Waals surface area contributed by atoms with E-state index in [-0.39, 0.29) is 18.1 Å². The van der Waals surface area contributed by atoms with Crippen LogP contribution in [-0.4, -0.2) is 62.7 Å². The first-order valence-corrected chi connectivity index (χ1v) is 13.2. The van der Waals surface area contributed by atoms with Gasteiger partial charge in [-0.1, -0.05) is 23.2 Å². The molecule has 3 aromatic rings. The zero-order valence-corrected chi connectivity index (χ0v) is 21.5. The number of hydrogen-bond acceptors (Lipinski definition) is 8. The van der Waals surface area contributed by atoms with E-state index in [4.69, 9.17) is 31.0 Å². The summed E-state index contributed by atoms with van der Waals surface area (Å²) in [7, 11) is 0. The summed E-state index contributed by atoms with van der Waals surface area (Å²) in [5.41, 5.74) is 3.28. The van der Waals surface area contributed by atoms with Crippen molar-refractivity contribution in [2.75, 3.05) is 24.6 Å². The number of nitrogens with zero attached hydrogens (tertiary/aromatic N) is 6. The molecule has 0 radical (unpaired) electrons. The number of benzene rings is 1. The highest BCUT2D eigenvalue weighted by molar-refractivity contribution is 6.32. The van der Waals surface area contributed by atoms with Crippen molar-refractivity contribution < 1.29 is 14.3 Å². The first-order chi connectivity index (χ1) is 18.0. The second-order valence-corrected chi connectivity index (χ2v) is 10.4. The Labute approximate surface area is 220 Å². The van der Waals surface area contributed by atoms with E-state index in [1.54, 1.807) is 22.9 Å². The van der Waals surface area contributed by atoms with Gasteiger partial charge in [-0.3, -0.25) is 9.48 Å². The fourth-order valence-corrected chi connectivity index (χ4v) is 5.17. The van der Waals surface area contributed by atoms with Gasteiger partial charge in [-0.05, 0) is 44.0 Å². The maximum Gasteiger partial charge on any atom is 0.251 e. The number of carbonyl (C=O) groups excluding carboxylic acids is 1. The van der Waals surface area contributed by atoms with Gasteiger partial charge in [0.25, 0.3) is 5.91 Å². The van der Waals surface area contributed by atoms with Gasteiger partial charge in [0, 0.05) is 48.9 Å². The van der Waals surface area contributed by atoms with Gasteiger partial charge in [-0.25, -0.2) is 9.97 Å². The number of fused-ring (bicyclic) bond motifs is 5. The van der Waals surface area contributed by atoms with Gasteiger partial charge >= 0.3 is 0 Å². The molecule has 1 amide bonds. The third-order valence-electron chi connectivity index (χ3n) is 7.27. The third-order valence-corrected chi connectivity index (χ3v) is 7.58. The van der Waals surface area contributed by atoms with E-state index in [1.165, 1.54) is 19.3 Å². The van der Waals surface area contributed by atoms with E-state index in [0.29, 0.717) is 61.0 Å². The zero-order valence-electron chi connectivity index (χ0n) is 20.8. The van der Waals surface area contributed by atoms with Crippen LogP contribution in [0.2, 0.25) is 5.02 Å². The third kappa shape index (κ3) is 5.26. The summed E-state index contributed by atoms with van der Waals surface area (Å²) in [6.07, 6.45) is 5.92. The van der Waals surface area contributed by atoms with Crippen molar-refractivity contribution in [3.8, 4) is 5.75 Å². The smallest absolute Gasteiger partial charge is 0.251 e. The normalized spacial score (nSPS) is 22.6. The molecule has 11 heteroatoms. The number of hydrogen-bond donors (Lipinski definition) is 1. The molecule has 6 rings (SSSR count). The van der Waals surface area contributed by atoms with Crippen LogP contribution in [-0.2, 0) is 17.9 Å². The Morgan fingerprint density at radius 1 is 1.14 bits per heavy atom. The summed E-state index contributed by atoms with van der Waals surface area (Å²) in [6, 6.07) is 6.91. The number of aryl methyl sites for hydroxylation is 2. The molecule has 3 aliphatic rings. The van der Waals surface area contributed by atoms with Crippen LogP contribution in [0.4, 0.5) is 5.95 Å². The Balaban J connectivity index is 1.27. The molecule has 2 atom stereocenters. The number of nitrogens with one attached hydrogen (secondary N) is 1. The molecule has 4 heterocycles. The Morgan fingerprint density at radius 2 is 2.03 bits per heavy atom. The number of anilines is 1. The highest BCUT2D eigenvalue weighted by Crippen LogP contribution is 2.36. The SMILES string of the molecule is Cc1cc(C2CCC2)nc(N2C[C@@H]3NC(=O)c4ccc(Cl)c(c4)OCCCn4cc(nn4)CO[C@H]3C2)n1. The predicted octanol–water partition coefficient (Wildman–Crippen LogP) is 3.28. The topological polar surface area (TPSA) is 107 Å². The molecule has 0 spiro atoms. The van der Waals surface area contributed by atoms with Crippen LogP contribution < -0.4 is 15.0 Å². The van der Waals surface area contributed by atoms with E-state index >= 15 is 0 Å². The maximum absolute atomic E-state index is 13.3. The van der Waals surface area contributed by atoms with Crippen molar-refractivity contribution >= 4 is 23.5 Å². The van der Waals surface area contributed by atoms with Gasteiger partial charge in [-0.2, -0.15) is 0 Å². The zero-order chi connectivity index (χ0) is 25.4. The van der Waals surface area contributed by atoms with Crippen molar-refractivity contribution in [3.05, 3.63) is 58.1 Å². The highest BCUT2D eigenvalue weighted by Gasteiger charge is 2.37. The van der Waals surface area contributed by atoms with Crippen molar-refractivity contribution in [1.82, 2.24) is 30.3 Å². The van der Waals surface area contributed by atoms with E-state index in [0.717, 1.165) is 23.5 Å². The largest absolute Gasteiger partial charge is 0.492 e. The maximum atomic E-state index is 13.3. The van der Waals surface area contributed by atoms with Gasteiger partial charge in [0.05, 0.1) is 36.6 Å². The summed E-state index contributed by atoms with van der Waals surface area (Å²) < 4.78 is 14.0. The molecule has 4 bridgehead atoms. The number of carbonyl (C=O) groups is 1. The molecule has 1 aliphatic carbocycles. The monoisotopic (exact) mass is 523 g/mol.